The Labute approximate surface area is 149 Å². The first-order valence-electron chi connectivity index (χ1n) is 9.16. The lowest BCUT2D eigenvalue weighted by atomic mass is 9.92. The maximum absolute atomic E-state index is 4.43. The van der Waals surface area contributed by atoms with Crippen molar-refractivity contribution >= 4 is 11.6 Å². The molecule has 6 heteroatoms. The highest BCUT2D eigenvalue weighted by molar-refractivity contribution is 5.48. The van der Waals surface area contributed by atoms with E-state index in [1.54, 1.807) is 6.33 Å². The molecule has 1 fully saturated rings. The number of rotatable bonds is 4. The second-order valence-corrected chi connectivity index (χ2v) is 8.18. The Kier molecular flexibility index (Phi) is 4.06. The van der Waals surface area contributed by atoms with E-state index in [1.807, 2.05) is 0 Å². The Hall–Kier alpha value is -2.24. The van der Waals surface area contributed by atoms with Crippen LogP contribution in [-0.4, -0.2) is 39.8 Å². The lowest BCUT2D eigenvalue weighted by Gasteiger charge is -2.40. The molecule has 132 valence electrons. The van der Waals surface area contributed by atoms with Crippen LogP contribution in [0.2, 0.25) is 0 Å². The molecule has 0 saturated carbocycles. The minimum atomic E-state index is 0.0464. The van der Waals surface area contributed by atoms with Crippen LogP contribution in [0.5, 0.6) is 0 Å². The summed E-state index contributed by atoms with van der Waals surface area (Å²) in [6.45, 7) is 9.46. The summed E-state index contributed by atoms with van der Waals surface area (Å²) < 4.78 is 0. The molecule has 1 N–H and O–H groups in total. The van der Waals surface area contributed by atoms with Gasteiger partial charge in [0.05, 0.1) is 5.69 Å². The van der Waals surface area contributed by atoms with Crippen LogP contribution >= 0.6 is 0 Å². The number of anilines is 2. The van der Waals surface area contributed by atoms with Gasteiger partial charge in [-0.1, -0.05) is 20.8 Å². The molecule has 6 nitrogen and oxygen atoms in total. The predicted molar refractivity (Wildman–Crippen MR) is 99.0 cm³/mol. The molecule has 0 atom stereocenters. The summed E-state index contributed by atoms with van der Waals surface area (Å²) >= 11 is 0. The van der Waals surface area contributed by atoms with E-state index in [-0.39, 0.29) is 5.41 Å². The molecule has 0 aromatic carbocycles. The first kappa shape index (κ1) is 16.2. The molecule has 2 aromatic rings. The predicted octanol–water partition coefficient (Wildman–Crippen LogP) is 2.60. The second kappa shape index (κ2) is 6.24. The van der Waals surface area contributed by atoms with Gasteiger partial charge in [0.25, 0.3) is 0 Å². The van der Waals surface area contributed by atoms with Crippen LogP contribution < -0.4 is 10.2 Å². The van der Waals surface area contributed by atoms with E-state index in [9.17, 15) is 0 Å². The summed E-state index contributed by atoms with van der Waals surface area (Å²) in [5.41, 5.74) is 3.63. The van der Waals surface area contributed by atoms with Crippen molar-refractivity contribution in [3.63, 3.8) is 0 Å². The van der Waals surface area contributed by atoms with E-state index in [0.29, 0.717) is 5.92 Å². The topological polar surface area (TPSA) is 66.8 Å². The van der Waals surface area contributed by atoms with Gasteiger partial charge < -0.3 is 10.2 Å². The van der Waals surface area contributed by atoms with Crippen LogP contribution in [0.1, 0.15) is 44.1 Å². The zero-order valence-electron chi connectivity index (χ0n) is 15.3. The van der Waals surface area contributed by atoms with E-state index in [4.69, 9.17) is 0 Å². The van der Waals surface area contributed by atoms with Crippen molar-refractivity contribution in [1.29, 1.82) is 0 Å². The summed E-state index contributed by atoms with van der Waals surface area (Å²) in [4.78, 5) is 11.1. The molecule has 1 saturated heterocycles. The Balaban J connectivity index is 1.30. The van der Waals surface area contributed by atoms with Gasteiger partial charge in [-0.05, 0) is 31.4 Å². The van der Waals surface area contributed by atoms with Crippen molar-refractivity contribution in [2.24, 2.45) is 5.92 Å². The molecule has 4 rings (SSSR count). The van der Waals surface area contributed by atoms with Gasteiger partial charge in [0.2, 0.25) is 0 Å². The first-order valence-corrected chi connectivity index (χ1v) is 9.16. The molecule has 1 aliphatic carbocycles. The molecule has 0 unspecified atom stereocenters. The van der Waals surface area contributed by atoms with Crippen LogP contribution in [0, 0.1) is 5.92 Å². The molecule has 2 aliphatic rings. The van der Waals surface area contributed by atoms with Gasteiger partial charge >= 0.3 is 0 Å². The van der Waals surface area contributed by atoms with Crippen LogP contribution in [0.4, 0.5) is 11.6 Å². The average molecular weight is 338 g/mol. The van der Waals surface area contributed by atoms with Gasteiger partial charge in [-0.25, -0.2) is 9.97 Å². The highest BCUT2D eigenvalue weighted by atomic mass is 15.3. The minimum Gasteiger partial charge on any atom is -0.369 e. The monoisotopic (exact) mass is 338 g/mol. The highest BCUT2D eigenvalue weighted by Crippen LogP contribution is 2.27. The van der Waals surface area contributed by atoms with Gasteiger partial charge in [-0.3, -0.25) is 0 Å². The lowest BCUT2D eigenvalue weighted by Crippen LogP contribution is -2.50. The third-order valence-electron chi connectivity index (χ3n) is 5.13. The van der Waals surface area contributed by atoms with Crippen LogP contribution in [0.15, 0.2) is 18.5 Å². The number of fused-ring (bicyclic) bond motifs is 1. The fourth-order valence-electron chi connectivity index (χ4n) is 3.53. The number of nitrogens with one attached hydrogen (secondary N) is 1. The summed E-state index contributed by atoms with van der Waals surface area (Å²) in [5.74, 6) is 2.64. The van der Waals surface area contributed by atoms with E-state index < -0.39 is 0 Å². The molecular formula is C19H26N6. The fraction of sp³-hybridized carbons (Fsp3) is 0.579. The van der Waals surface area contributed by atoms with Crippen molar-refractivity contribution < 1.29 is 0 Å². The van der Waals surface area contributed by atoms with Gasteiger partial charge in [-0.2, -0.15) is 5.10 Å². The third kappa shape index (κ3) is 3.30. The summed E-state index contributed by atoms with van der Waals surface area (Å²) in [7, 11) is 0. The number of aryl methyl sites for hydroxylation is 1. The Morgan fingerprint density at radius 2 is 1.96 bits per heavy atom. The quantitative estimate of drug-likeness (QED) is 0.924. The molecule has 2 aromatic heterocycles. The van der Waals surface area contributed by atoms with E-state index >= 15 is 0 Å². The summed E-state index contributed by atoms with van der Waals surface area (Å²) in [6.07, 6.45) is 5.08. The number of hydrogen-bond donors (Lipinski definition) is 1. The minimum absolute atomic E-state index is 0.0464. The van der Waals surface area contributed by atoms with Crippen molar-refractivity contribution in [3.05, 3.63) is 35.4 Å². The number of aromatic nitrogens is 4. The maximum atomic E-state index is 4.43. The van der Waals surface area contributed by atoms with E-state index in [2.05, 4.69) is 63.3 Å². The largest absolute Gasteiger partial charge is 0.369 e. The van der Waals surface area contributed by atoms with E-state index in [1.165, 1.54) is 17.7 Å². The van der Waals surface area contributed by atoms with Gasteiger partial charge in [-0.15, -0.1) is 5.10 Å². The standard InChI is InChI=1S/C19H26N6/c1-19(2,3)16-7-8-17(24-23-16)25-10-13(11-25)9-20-18-14-5-4-6-15(14)21-12-22-18/h7-8,12-13H,4-6,9-11H2,1-3H3,(H,20,21,22). The SMILES string of the molecule is CC(C)(C)c1ccc(N2CC(CNc3ncnc4c3CCC4)C2)nn1. The van der Waals surface area contributed by atoms with E-state index in [0.717, 1.165) is 49.8 Å². The van der Waals surface area contributed by atoms with Crippen molar-refractivity contribution in [3.8, 4) is 0 Å². The van der Waals surface area contributed by atoms with Gasteiger partial charge in [0, 0.05) is 42.2 Å². The molecule has 0 spiro atoms. The maximum Gasteiger partial charge on any atom is 0.151 e. The smallest absolute Gasteiger partial charge is 0.151 e. The first-order chi connectivity index (χ1) is 12.0. The number of hydrogen-bond acceptors (Lipinski definition) is 6. The third-order valence-corrected chi connectivity index (χ3v) is 5.13. The fourth-order valence-corrected chi connectivity index (χ4v) is 3.53. The van der Waals surface area contributed by atoms with Crippen molar-refractivity contribution in [1.82, 2.24) is 20.2 Å². The number of nitrogens with zero attached hydrogens (tertiary/aromatic N) is 5. The molecule has 25 heavy (non-hydrogen) atoms. The molecule has 1 aliphatic heterocycles. The van der Waals surface area contributed by atoms with Crippen LogP contribution in [0.3, 0.4) is 0 Å². The van der Waals surface area contributed by atoms with Crippen LogP contribution in [-0.2, 0) is 18.3 Å². The molecule has 0 bridgehead atoms. The van der Waals surface area contributed by atoms with Crippen molar-refractivity contribution in [2.75, 3.05) is 29.9 Å². The second-order valence-electron chi connectivity index (χ2n) is 8.18. The Morgan fingerprint density at radius 3 is 2.68 bits per heavy atom. The summed E-state index contributed by atoms with van der Waals surface area (Å²) in [5, 5.41) is 12.3. The average Bonchev–Trinajstić information content (AvgIpc) is 3.02. The highest BCUT2D eigenvalue weighted by Gasteiger charge is 2.29. The molecular weight excluding hydrogens is 312 g/mol. The molecule has 3 heterocycles. The van der Waals surface area contributed by atoms with Crippen LogP contribution in [0.25, 0.3) is 0 Å². The van der Waals surface area contributed by atoms with Crippen molar-refractivity contribution in [2.45, 2.75) is 45.4 Å². The van der Waals surface area contributed by atoms with Gasteiger partial charge in [0.1, 0.15) is 12.1 Å². The normalized spacial score (nSPS) is 17.3. The summed E-state index contributed by atoms with van der Waals surface area (Å²) in [6, 6.07) is 4.19. The Bertz CT molecular complexity index is 743. The zero-order chi connectivity index (χ0) is 17.4. The van der Waals surface area contributed by atoms with Gasteiger partial charge in [0.15, 0.2) is 5.82 Å². The lowest BCUT2D eigenvalue weighted by molar-refractivity contribution is 0.424. The molecule has 0 radical (unpaired) electrons. The Morgan fingerprint density at radius 1 is 1.12 bits per heavy atom. The molecule has 0 amide bonds. The zero-order valence-corrected chi connectivity index (χ0v) is 15.3.